The van der Waals surface area contributed by atoms with Crippen molar-refractivity contribution >= 4 is 5.91 Å². The van der Waals surface area contributed by atoms with Gasteiger partial charge in [-0.25, -0.2) is 0 Å². The van der Waals surface area contributed by atoms with E-state index in [1.54, 1.807) is 7.05 Å². The van der Waals surface area contributed by atoms with Crippen molar-refractivity contribution in [1.82, 2.24) is 10.6 Å². The number of carbonyl (C=O) groups excluding carboxylic acids is 1. The van der Waals surface area contributed by atoms with E-state index in [4.69, 9.17) is 0 Å². The molecule has 0 spiro atoms. The number of amides is 1. The summed E-state index contributed by atoms with van der Waals surface area (Å²) in [5.41, 5.74) is 0. The van der Waals surface area contributed by atoms with Gasteiger partial charge in [-0.1, -0.05) is 13.3 Å². The molecule has 1 fully saturated rings. The normalized spacial score (nSPS) is 26.3. The highest BCUT2D eigenvalue weighted by Crippen LogP contribution is 2.14. The Hall–Kier alpha value is -0.570. The number of piperidine rings is 1. The van der Waals surface area contributed by atoms with Crippen LogP contribution in [0.4, 0.5) is 0 Å². The zero-order valence-corrected chi connectivity index (χ0v) is 7.89. The molecule has 1 rings (SSSR count). The number of nitrogens with one attached hydrogen (secondary N) is 2. The Bertz CT molecular complexity index is 153. The van der Waals surface area contributed by atoms with Crippen LogP contribution in [0.3, 0.4) is 0 Å². The van der Waals surface area contributed by atoms with Crippen LogP contribution >= 0.6 is 0 Å². The summed E-state index contributed by atoms with van der Waals surface area (Å²) in [5, 5.41) is 6.06. The van der Waals surface area contributed by atoms with Gasteiger partial charge >= 0.3 is 0 Å². The largest absolute Gasteiger partial charge is 0.359 e. The van der Waals surface area contributed by atoms with Gasteiger partial charge < -0.3 is 10.6 Å². The Morgan fingerprint density at radius 1 is 1.58 bits per heavy atom. The van der Waals surface area contributed by atoms with E-state index >= 15 is 0 Å². The van der Waals surface area contributed by atoms with E-state index in [1.807, 2.05) is 6.92 Å². The molecule has 0 aromatic heterocycles. The van der Waals surface area contributed by atoms with E-state index < -0.39 is 0 Å². The highest BCUT2D eigenvalue weighted by molar-refractivity contribution is 5.78. The maximum Gasteiger partial charge on any atom is 0.224 e. The first kappa shape index (κ1) is 9.52. The molecule has 1 aliphatic rings. The first-order chi connectivity index (χ1) is 5.75. The van der Waals surface area contributed by atoms with Gasteiger partial charge in [0.05, 0.1) is 5.92 Å². The van der Waals surface area contributed by atoms with E-state index in [2.05, 4.69) is 10.6 Å². The van der Waals surface area contributed by atoms with E-state index in [0.29, 0.717) is 6.04 Å². The van der Waals surface area contributed by atoms with Gasteiger partial charge in [-0.05, 0) is 19.4 Å². The summed E-state index contributed by atoms with van der Waals surface area (Å²) >= 11 is 0. The number of carbonyl (C=O) groups is 1. The molecule has 0 radical (unpaired) electrons. The van der Waals surface area contributed by atoms with Crippen LogP contribution < -0.4 is 10.6 Å². The first-order valence-corrected chi connectivity index (χ1v) is 4.70. The Morgan fingerprint density at radius 2 is 2.33 bits per heavy atom. The van der Waals surface area contributed by atoms with Gasteiger partial charge in [0.25, 0.3) is 0 Å². The van der Waals surface area contributed by atoms with E-state index in [9.17, 15) is 4.79 Å². The molecule has 0 aromatic rings. The molecule has 0 aromatic carbocycles. The monoisotopic (exact) mass is 170 g/mol. The van der Waals surface area contributed by atoms with Gasteiger partial charge in [-0.15, -0.1) is 0 Å². The average Bonchev–Trinajstić information content (AvgIpc) is 2.17. The fraction of sp³-hybridized carbons (Fsp3) is 0.889. The average molecular weight is 170 g/mol. The van der Waals surface area contributed by atoms with Gasteiger partial charge in [-0.2, -0.15) is 0 Å². The number of hydrogen-bond acceptors (Lipinski definition) is 2. The minimum atomic E-state index is 0.107. The third-order valence-electron chi connectivity index (χ3n) is 2.61. The number of rotatable bonds is 2. The fourth-order valence-electron chi connectivity index (χ4n) is 1.72. The lowest BCUT2D eigenvalue weighted by Crippen LogP contribution is -2.44. The molecule has 0 bridgehead atoms. The second-order valence-electron chi connectivity index (χ2n) is 3.46. The van der Waals surface area contributed by atoms with Crippen LogP contribution in [-0.4, -0.2) is 25.5 Å². The van der Waals surface area contributed by atoms with Crippen molar-refractivity contribution in [2.45, 2.75) is 32.2 Å². The fourth-order valence-corrected chi connectivity index (χ4v) is 1.72. The second-order valence-corrected chi connectivity index (χ2v) is 3.46. The minimum Gasteiger partial charge on any atom is -0.359 e. The third kappa shape index (κ3) is 2.21. The quantitative estimate of drug-likeness (QED) is 0.634. The van der Waals surface area contributed by atoms with Gasteiger partial charge in [0.1, 0.15) is 0 Å². The Morgan fingerprint density at radius 3 is 2.83 bits per heavy atom. The van der Waals surface area contributed by atoms with Crippen LogP contribution in [0, 0.1) is 5.92 Å². The SMILES string of the molecule is CNC(=O)[C@@H](C)[C@H]1CCCCN1. The van der Waals surface area contributed by atoms with Crippen LogP contribution in [-0.2, 0) is 4.79 Å². The number of hydrogen-bond donors (Lipinski definition) is 2. The molecule has 12 heavy (non-hydrogen) atoms. The van der Waals surface area contributed by atoms with Gasteiger partial charge in [0.15, 0.2) is 0 Å². The van der Waals surface area contributed by atoms with Crippen LogP contribution in [0.15, 0.2) is 0 Å². The van der Waals surface area contributed by atoms with E-state index in [1.165, 1.54) is 12.8 Å². The van der Waals surface area contributed by atoms with Crippen molar-refractivity contribution < 1.29 is 4.79 Å². The first-order valence-electron chi connectivity index (χ1n) is 4.70. The predicted molar refractivity (Wildman–Crippen MR) is 48.9 cm³/mol. The molecule has 70 valence electrons. The van der Waals surface area contributed by atoms with Crippen molar-refractivity contribution in [3.63, 3.8) is 0 Å². The Labute approximate surface area is 73.9 Å². The molecule has 1 heterocycles. The van der Waals surface area contributed by atoms with Gasteiger partial charge in [-0.3, -0.25) is 4.79 Å². The third-order valence-corrected chi connectivity index (χ3v) is 2.61. The molecule has 3 heteroatoms. The van der Waals surface area contributed by atoms with Crippen LogP contribution in [0.5, 0.6) is 0 Å². The summed E-state index contributed by atoms with van der Waals surface area (Å²) in [6, 6.07) is 0.388. The summed E-state index contributed by atoms with van der Waals surface area (Å²) < 4.78 is 0. The van der Waals surface area contributed by atoms with Crippen LogP contribution in [0.25, 0.3) is 0 Å². The summed E-state index contributed by atoms with van der Waals surface area (Å²) in [5.74, 6) is 0.254. The van der Waals surface area contributed by atoms with E-state index in [0.717, 1.165) is 13.0 Å². The van der Waals surface area contributed by atoms with Crippen molar-refractivity contribution in [2.24, 2.45) is 5.92 Å². The predicted octanol–water partition coefficient (Wildman–Crippen LogP) is 0.511. The summed E-state index contributed by atoms with van der Waals surface area (Å²) in [6.45, 7) is 3.05. The molecule has 1 aliphatic heterocycles. The summed E-state index contributed by atoms with van der Waals surface area (Å²) in [4.78, 5) is 11.3. The standard InChI is InChI=1S/C9H18N2O/c1-7(9(12)10-2)8-5-3-4-6-11-8/h7-8,11H,3-6H2,1-2H3,(H,10,12)/t7-,8+/m0/s1. The molecule has 1 amide bonds. The maximum atomic E-state index is 11.3. The molecule has 0 unspecified atom stereocenters. The summed E-state index contributed by atoms with van der Waals surface area (Å²) in [7, 11) is 1.70. The summed E-state index contributed by atoms with van der Waals surface area (Å²) in [6.07, 6.45) is 3.63. The highest BCUT2D eigenvalue weighted by Gasteiger charge is 2.23. The van der Waals surface area contributed by atoms with E-state index in [-0.39, 0.29) is 11.8 Å². The lowest BCUT2D eigenvalue weighted by atomic mass is 9.93. The molecule has 1 saturated heterocycles. The highest BCUT2D eigenvalue weighted by atomic mass is 16.1. The molecule has 3 nitrogen and oxygen atoms in total. The lowest BCUT2D eigenvalue weighted by Gasteiger charge is -2.27. The molecule has 2 N–H and O–H groups in total. The molecule has 0 saturated carbocycles. The van der Waals surface area contributed by atoms with Crippen molar-refractivity contribution in [1.29, 1.82) is 0 Å². The van der Waals surface area contributed by atoms with Gasteiger partial charge in [0.2, 0.25) is 5.91 Å². The maximum absolute atomic E-state index is 11.3. The molecular formula is C9H18N2O. The molecular weight excluding hydrogens is 152 g/mol. The minimum absolute atomic E-state index is 0.107. The van der Waals surface area contributed by atoms with Crippen LogP contribution in [0.2, 0.25) is 0 Å². The second kappa shape index (κ2) is 4.45. The topological polar surface area (TPSA) is 41.1 Å². The smallest absolute Gasteiger partial charge is 0.224 e. The Kier molecular flexibility index (Phi) is 3.53. The molecule has 0 aliphatic carbocycles. The van der Waals surface area contributed by atoms with Gasteiger partial charge in [0, 0.05) is 13.1 Å². The zero-order chi connectivity index (χ0) is 8.97. The lowest BCUT2D eigenvalue weighted by molar-refractivity contribution is -0.125. The van der Waals surface area contributed by atoms with Crippen molar-refractivity contribution in [3.05, 3.63) is 0 Å². The zero-order valence-electron chi connectivity index (χ0n) is 7.89. The van der Waals surface area contributed by atoms with Crippen molar-refractivity contribution in [2.75, 3.05) is 13.6 Å². The van der Waals surface area contributed by atoms with Crippen molar-refractivity contribution in [3.8, 4) is 0 Å². The molecule has 2 atom stereocenters. The Balaban J connectivity index is 2.39. The van der Waals surface area contributed by atoms with Crippen LogP contribution in [0.1, 0.15) is 26.2 Å².